The molecule has 1 atom stereocenters. The van der Waals surface area contributed by atoms with Crippen molar-refractivity contribution in [2.45, 2.75) is 23.8 Å². The lowest BCUT2D eigenvalue weighted by atomic mass is 10.2. The van der Waals surface area contributed by atoms with Gasteiger partial charge in [0.25, 0.3) is 0 Å². The summed E-state index contributed by atoms with van der Waals surface area (Å²) in [6.07, 6.45) is 2.15. The van der Waals surface area contributed by atoms with Crippen molar-refractivity contribution < 1.29 is 17.6 Å². The first-order valence-electron chi connectivity index (χ1n) is 9.76. The van der Waals surface area contributed by atoms with E-state index in [1.165, 1.54) is 21.3 Å². The Morgan fingerprint density at radius 1 is 1.07 bits per heavy atom. The number of hydrogen-bond acceptors (Lipinski definition) is 5. The van der Waals surface area contributed by atoms with Gasteiger partial charge in [0.05, 0.1) is 11.4 Å². The van der Waals surface area contributed by atoms with Crippen molar-refractivity contribution >= 4 is 27.3 Å². The average molecular weight is 438 g/mol. The Morgan fingerprint density at radius 2 is 1.79 bits per heavy atom. The van der Waals surface area contributed by atoms with E-state index in [2.05, 4.69) is 16.3 Å². The van der Waals surface area contributed by atoms with Gasteiger partial charge in [0.1, 0.15) is 5.82 Å². The van der Waals surface area contributed by atoms with E-state index in [1.807, 2.05) is 6.07 Å². The molecule has 2 aliphatic rings. The topological polar surface area (TPSA) is 60.9 Å². The number of likely N-dealkylation sites (tertiary alicyclic amines) is 1. The van der Waals surface area contributed by atoms with Crippen LogP contribution in [-0.4, -0.2) is 67.7 Å². The largest absolute Gasteiger partial charge is 0.339 e. The lowest BCUT2D eigenvalue weighted by Crippen LogP contribution is -2.52. The lowest BCUT2D eigenvalue weighted by Gasteiger charge is -2.35. The van der Waals surface area contributed by atoms with E-state index in [9.17, 15) is 17.6 Å². The van der Waals surface area contributed by atoms with Crippen LogP contribution in [0.4, 0.5) is 4.39 Å². The number of carbonyl (C=O) groups is 1. The molecule has 1 aromatic heterocycles. The third-order valence-electron chi connectivity index (χ3n) is 5.62. The summed E-state index contributed by atoms with van der Waals surface area (Å²) in [7, 11) is -3.67. The minimum absolute atomic E-state index is 0.0484. The summed E-state index contributed by atoms with van der Waals surface area (Å²) in [5.41, 5.74) is 0. The van der Waals surface area contributed by atoms with Crippen molar-refractivity contribution in [2.24, 2.45) is 0 Å². The molecule has 0 spiro atoms. The zero-order valence-electron chi connectivity index (χ0n) is 16.0. The van der Waals surface area contributed by atoms with Gasteiger partial charge in [-0.05, 0) is 55.1 Å². The van der Waals surface area contributed by atoms with E-state index in [-0.39, 0.29) is 23.9 Å². The first-order valence-corrected chi connectivity index (χ1v) is 12.1. The van der Waals surface area contributed by atoms with Gasteiger partial charge in [0.2, 0.25) is 15.9 Å². The molecule has 2 aromatic rings. The highest BCUT2D eigenvalue weighted by atomic mass is 32.2. The molecular formula is C20H24FN3O3S2. The maximum Gasteiger partial charge on any atom is 0.243 e. The number of thiophene rings is 1. The van der Waals surface area contributed by atoms with Crippen molar-refractivity contribution in [2.75, 3.05) is 39.3 Å². The molecule has 6 nitrogen and oxygen atoms in total. The molecule has 0 unspecified atom stereocenters. The normalized spacial score (nSPS) is 21.6. The Balaban J connectivity index is 1.34. The van der Waals surface area contributed by atoms with Crippen molar-refractivity contribution in [1.82, 2.24) is 14.1 Å². The van der Waals surface area contributed by atoms with Crippen LogP contribution in [0.5, 0.6) is 0 Å². The molecule has 0 saturated carbocycles. The second-order valence-corrected chi connectivity index (χ2v) is 10.3. The van der Waals surface area contributed by atoms with Crippen molar-refractivity contribution in [1.29, 1.82) is 0 Å². The summed E-state index contributed by atoms with van der Waals surface area (Å²) < 4.78 is 39.9. The second-order valence-electron chi connectivity index (χ2n) is 7.38. The van der Waals surface area contributed by atoms with Crippen LogP contribution < -0.4 is 0 Å². The molecule has 2 saturated heterocycles. The number of hydrogen-bond donors (Lipinski definition) is 0. The fourth-order valence-corrected chi connectivity index (χ4v) is 6.34. The minimum atomic E-state index is -3.67. The summed E-state index contributed by atoms with van der Waals surface area (Å²) in [4.78, 5) is 18.2. The number of piperazine rings is 1. The van der Waals surface area contributed by atoms with Gasteiger partial charge in [-0.15, -0.1) is 11.3 Å². The van der Waals surface area contributed by atoms with Gasteiger partial charge in [-0.3, -0.25) is 9.69 Å². The first kappa shape index (κ1) is 20.5. The van der Waals surface area contributed by atoms with E-state index >= 15 is 0 Å². The summed E-state index contributed by atoms with van der Waals surface area (Å²) in [5, 5.41) is 2.06. The maximum atomic E-state index is 13.1. The number of carbonyl (C=O) groups excluding carboxylic acids is 1. The lowest BCUT2D eigenvalue weighted by molar-refractivity contribution is -0.133. The average Bonchev–Trinajstić information content (AvgIpc) is 3.40. The van der Waals surface area contributed by atoms with Gasteiger partial charge in [-0.25, -0.2) is 12.8 Å². The predicted octanol–water partition coefficient (Wildman–Crippen LogP) is 2.56. The maximum absolute atomic E-state index is 13.1. The molecule has 1 aromatic carbocycles. The number of rotatable bonds is 5. The zero-order valence-corrected chi connectivity index (χ0v) is 17.7. The zero-order chi connectivity index (χ0) is 20.4. The SMILES string of the molecule is O=C(CN1CCC[C@H]1c1cccs1)N1CCN(S(=O)(=O)c2ccc(F)cc2)CC1. The van der Waals surface area contributed by atoms with Gasteiger partial charge in [-0.1, -0.05) is 6.07 Å². The smallest absolute Gasteiger partial charge is 0.243 e. The molecule has 0 radical (unpaired) electrons. The Kier molecular flexibility index (Phi) is 6.00. The highest BCUT2D eigenvalue weighted by Gasteiger charge is 2.33. The van der Waals surface area contributed by atoms with E-state index in [1.54, 1.807) is 16.2 Å². The third kappa shape index (κ3) is 4.37. The number of nitrogens with zero attached hydrogens (tertiary/aromatic N) is 3. The molecule has 1 amide bonds. The van der Waals surface area contributed by atoms with E-state index < -0.39 is 15.8 Å². The predicted molar refractivity (Wildman–Crippen MR) is 110 cm³/mol. The highest BCUT2D eigenvalue weighted by molar-refractivity contribution is 7.89. The van der Waals surface area contributed by atoms with Crippen LogP contribution in [0.2, 0.25) is 0 Å². The molecule has 0 N–H and O–H groups in total. The van der Waals surface area contributed by atoms with Crippen LogP contribution in [0.1, 0.15) is 23.8 Å². The number of sulfonamides is 1. The number of amides is 1. The fourth-order valence-electron chi connectivity index (χ4n) is 4.03. The van der Waals surface area contributed by atoms with Gasteiger partial charge < -0.3 is 4.90 Å². The van der Waals surface area contributed by atoms with Gasteiger partial charge in [0, 0.05) is 37.1 Å². The van der Waals surface area contributed by atoms with Gasteiger partial charge >= 0.3 is 0 Å². The quantitative estimate of drug-likeness (QED) is 0.721. The molecule has 4 rings (SSSR count). The number of benzene rings is 1. The Labute approximate surface area is 174 Å². The molecule has 3 heterocycles. The van der Waals surface area contributed by atoms with E-state index in [0.29, 0.717) is 25.7 Å². The molecule has 2 fully saturated rings. The van der Waals surface area contributed by atoms with Crippen LogP contribution in [0.15, 0.2) is 46.7 Å². The van der Waals surface area contributed by atoms with Crippen LogP contribution in [0, 0.1) is 5.82 Å². The van der Waals surface area contributed by atoms with Crippen LogP contribution >= 0.6 is 11.3 Å². The minimum Gasteiger partial charge on any atom is -0.339 e. The van der Waals surface area contributed by atoms with E-state index in [4.69, 9.17) is 0 Å². The summed E-state index contributed by atoms with van der Waals surface area (Å²) in [6.45, 7) is 2.52. The number of halogens is 1. The third-order valence-corrected chi connectivity index (χ3v) is 8.50. The Morgan fingerprint density at radius 3 is 2.45 bits per heavy atom. The Hall–Kier alpha value is -1.81. The van der Waals surface area contributed by atoms with E-state index in [0.717, 1.165) is 31.5 Å². The molecule has 29 heavy (non-hydrogen) atoms. The second kappa shape index (κ2) is 8.51. The van der Waals surface area contributed by atoms with Gasteiger partial charge in [-0.2, -0.15) is 4.31 Å². The molecule has 0 bridgehead atoms. The first-order chi connectivity index (χ1) is 13.9. The van der Waals surface area contributed by atoms with Crippen molar-refractivity contribution in [3.05, 3.63) is 52.5 Å². The fraction of sp³-hybridized carbons (Fsp3) is 0.450. The van der Waals surface area contributed by atoms with Crippen molar-refractivity contribution in [3.63, 3.8) is 0 Å². The van der Waals surface area contributed by atoms with Crippen LogP contribution in [0.25, 0.3) is 0 Å². The monoisotopic (exact) mass is 437 g/mol. The van der Waals surface area contributed by atoms with Crippen molar-refractivity contribution in [3.8, 4) is 0 Å². The molecule has 156 valence electrons. The molecular weight excluding hydrogens is 413 g/mol. The summed E-state index contributed by atoms with van der Waals surface area (Å²) in [6, 6.07) is 9.31. The highest BCUT2D eigenvalue weighted by Crippen LogP contribution is 2.34. The summed E-state index contributed by atoms with van der Waals surface area (Å²) >= 11 is 1.72. The molecule has 2 aliphatic heterocycles. The van der Waals surface area contributed by atoms with Crippen LogP contribution in [-0.2, 0) is 14.8 Å². The standard InChI is InChI=1S/C20H24FN3O3S2/c21-16-5-7-17(8-6-16)29(26,27)24-12-10-22(11-13-24)20(25)15-23-9-1-3-18(23)19-4-2-14-28-19/h2,4-8,14,18H,1,3,9-13,15H2/t18-/m0/s1. The van der Waals surface area contributed by atoms with Gasteiger partial charge in [0.15, 0.2) is 0 Å². The van der Waals surface area contributed by atoms with Crippen LogP contribution in [0.3, 0.4) is 0 Å². The summed E-state index contributed by atoms with van der Waals surface area (Å²) in [5.74, 6) is -0.422. The molecule has 0 aliphatic carbocycles. The molecule has 9 heteroatoms. The Bertz CT molecular complexity index is 940.